The van der Waals surface area contributed by atoms with Crippen LogP contribution in [0.1, 0.15) is 33.6 Å². The van der Waals surface area contributed by atoms with Gasteiger partial charge in [0.2, 0.25) is 0 Å². The zero-order valence-corrected chi connectivity index (χ0v) is 10.5. The third kappa shape index (κ3) is 3.27. The van der Waals surface area contributed by atoms with Gasteiger partial charge in [0, 0.05) is 6.54 Å². The molecule has 1 atom stereocenters. The number of hydrogen-bond donors (Lipinski definition) is 1. The van der Waals surface area contributed by atoms with Crippen molar-refractivity contribution in [1.82, 2.24) is 4.90 Å². The minimum Gasteiger partial charge on any atom is -0.444 e. The number of carbonyl (C=O) groups excluding carboxylic acids is 1. The van der Waals surface area contributed by atoms with Crippen LogP contribution in [0.2, 0.25) is 0 Å². The molecule has 1 aliphatic rings. The van der Waals surface area contributed by atoms with Crippen LogP contribution >= 0.6 is 11.6 Å². The average molecular weight is 249 g/mol. The smallest absolute Gasteiger partial charge is 0.410 e. The summed E-state index contributed by atoms with van der Waals surface area (Å²) >= 11 is 5.73. The van der Waals surface area contributed by atoms with Crippen LogP contribution in [-0.2, 0) is 4.74 Å². The highest BCUT2D eigenvalue weighted by atomic mass is 35.5. The Morgan fingerprint density at radius 2 is 2.19 bits per heavy atom. The molecule has 0 saturated carbocycles. The normalized spacial score (nSPS) is 22.4. The van der Waals surface area contributed by atoms with Crippen molar-refractivity contribution in [2.75, 3.05) is 6.54 Å². The van der Waals surface area contributed by atoms with Crippen molar-refractivity contribution in [2.24, 2.45) is 5.16 Å². The molecule has 1 heterocycles. The summed E-state index contributed by atoms with van der Waals surface area (Å²) in [5.74, 6) is 0. The Bertz CT molecular complexity index is 299. The SMILES string of the molecule is CC(C)(C)OC(=O)N1CCC[C@@H]1C(Cl)=NO. The zero-order valence-electron chi connectivity index (χ0n) is 9.73. The number of ether oxygens (including phenoxy) is 1. The van der Waals surface area contributed by atoms with Gasteiger partial charge < -0.3 is 9.94 Å². The monoisotopic (exact) mass is 248 g/mol. The first-order chi connectivity index (χ1) is 7.35. The van der Waals surface area contributed by atoms with Crippen molar-refractivity contribution in [1.29, 1.82) is 0 Å². The minimum atomic E-state index is -0.535. The molecule has 92 valence electrons. The highest BCUT2D eigenvalue weighted by Gasteiger charge is 2.34. The van der Waals surface area contributed by atoms with Gasteiger partial charge in [0.15, 0.2) is 5.17 Å². The lowest BCUT2D eigenvalue weighted by atomic mass is 10.2. The van der Waals surface area contributed by atoms with Gasteiger partial charge in [0.05, 0.1) is 6.04 Å². The van der Waals surface area contributed by atoms with Gasteiger partial charge >= 0.3 is 6.09 Å². The molecule has 0 radical (unpaired) electrons. The number of oxime groups is 1. The van der Waals surface area contributed by atoms with Crippen LogP contribution in [0.25, 0.3) is 0 Å². The third-order valence-corrected chi connectivity index (χ3v) is 2.58. The van der Waals surface area contributed by atoms with E-state index in [1.165, 1.54) is 4.90 Å². The highest BCUT2D eigenvalue weighted by molar-refractivity contribution is 6.66. The van der Waals surface area contributed by atoms with Gasteiger partial charge in [0.25, 0.3) is 0 Å². The molecule has 6 heteroatoms. The Labute approximate surface area is 100.0 Å². The maximum atomic E-state index is 11.8. The van der Waals surface area contributed by atoms with E-state index in [0.29, 0.717) is 13.0 Å². The maximum Gasteiger partial charge on any atom is 0.410 e. The van der Waals surface area contributed by atoms with Crippen LogP contribution in [0.4, 0.5) is 4.79 Å². The van der Waals surface area contributed by atoms with Crippen molar-refractivity contribution >= 4 is 22.9 Å². The van der Waals surface area contributed by atoms with Crippen LogP contribution in [0.3, 0.4) is 0 Å². The number of amides is 1. The molecule has 0 bridgehead atoms. The molecule has 0 aromatic rings. The van der Waals surface area contributed by atoms with Crippen molar-refractivity contribution in [3.8, 4) is 0 Å². The molecule has 1 rings (SSSR count). The van der Waals surface area contributed by atoms with E-state index in [2.05, 4.69) is 5.16 Å². The first-order valence-electron chi connectivity index (χ1n) is 5.22. The first kappa shape index (κ1) is 13.1. The lowest BCUT2D eigenvalue weighted by Gasteiger charge is -2.27. The number of likely N-dealkylation sites (tertiary alicyclic amines) is 1. The zero-order chi connectivity index (χ0) is 12.3. The maximum absolute atomic E-state index is 11.8. The van der Waals surface area contributed by atoms with Gasteiger partial charge in [0.1, 0.15) is 5.60 Å². The highest BCUT2D eigenvalue weighted by Crippen LogP contribution is 2.22. The molecular formula is C10H17ClN2O3. The lowest BCUT2D eigenvalue weighted by molar-refractivity contribution is 0.0266. The van der Waals surface area contributed by atoms with E-state index in [0.717, 1.165) is 6.42 Å². The summed E-state index contributed by atoms with van der Waals surface area (Å²) in [6.07, 6.45) is 1.11. The standard InChI is InChI=1S/C10H17ClN2O3/c1-10(2,3)16-9(14)13-6-4-5-7(13)8(11)12-15/h7,15H,4-6H2,1-3H3/t7-/m1/s1. The molecule has 1 fully saturated rings. The van der Waals surface area contributed by atoms with E-state index in [9.17, 15) is 4.79 Å². The molecule has 0 unspecified atom stereocenters. The number of halogens is 1. The molecule has 16 heavy (non-hydrogen) atoms. The van der Waals surface area contributed by atoms with Crippen LogP contribution in [0, 0.1) is 0 Å². The summed E-state index contributed by atoms with van der Waals surface area (Å²) in [4.78, 5) is 13.3. The second kappa shape index (κ2) is 4.91. The van der Waals surface area contributed by atoms with Gasteiger partial charge in [-0.1, -0.05) is 16.8 Å². The quantitative estimate of drug-likeness (QED) is 0.440. The largest absolute Gasteiger partial charge is 0.444 e. The predicted octanol–water partition coefficient (Wildman–Crippen LogP) is 2.41. The Morgan fingerprint density at radius 3 is 2.69 bits per heavy atom. The molecule has 1 aliphatic heterocycles. The van der Waals surface area contributed by atoms with E-state index in [1.807, 2.05) is 0 Å². The topological polar surface area (TPSA) is 62.1 Å². The third-order valence-electron chi connectivity index (χ3n) is 2.25. The van der Waals surface area contributed by atoms with Crippen LogP contribution in [0.15, 0.2) is 5.16 Å². The van der Waals surface area contributed by atoms with Gasteiger partial charge in [-0.2, -0.15) is 0 Å². The molecule has 1 amide bonds. The Balaban J connectivity index is 2.69. The number of carbonyl (C=O) groups is 1. The summed E-state index contributed by atoms with van der Waals surface area (Å²) in [6, 6.07) is -0.360. The number of rotatable bonds is 1. The second-order valence-electron chi connectivity index (χ2n) is 4.75. The molecule has 5 nitrogen and oxygen atoms in total. The van der Waals surface area contributed by atoms with Crippen molar-refractivity contribution in [2.45, 2.75) is 45.3 Å². The first-order valence-corrected chi connectivity index (χ1v) is 5.60. The molecule has 0 aromatic heterocycles. The summed E-state index contributed by atoms with van der Waals surface area (Å²) < 4.78 is 5.24. The average Bonchev–Trinajstić information content (AvgIpc) is 2.62. The van der Waals surface area contributed by atoms with Gasteiger partial charge in [-0.3, -0.25) is 4.90 Å². The summed E-state index contributed by atoms with van der Waals surface area (Å²) in [7, 11) is 0. The molecule has 0 aliphatic carbocycles. The van der Waals surface area contributed by atoms with Gasteiger partial charge in [-0.15, -0.1) is 0 Å². The number of hydrogen-bond acceptors (Lipinski definition) is 4. The van der Waals surface area contributed by atoms with Gasteiger partial charge in [-0.05, 0) is 33.6 Å². The fourth-order valence-corrected chi connectivity index (χ4v) is 1.85. The summed E-state index contributed by atoms with van der Waals surface area (Å²) in [5.41, 5.74) is -0.535. The Hall–Kier alpha value is -0.970. The molecule has 0 aromatic carbocycles. The fourth-order valence-electron chi connectivity index (χ4n) is 1.62. The van der Waals surface area contributed by atoms with Crippen LogP contribution in [0.5, 0.6) is 0 Å². The van der Waals surface area contributed by atoms with Crippen LogP contribution in [-0.4, -0.2) is 39.6 Å². The van der Waals surface area contributed by atoms with E-state index < -0.39 is 11.7 Å². The molecule has 0 spiro atoms. The van der Waals surface area contributed by atoms with Crippen molar-refractivity contribution in [3.05, 3.63) is 0 Å². The van der Waals surface area contributed by atoms with Crippen molar-refractivity contribution in [3.63, 3.8) is 0 Å². The summed E-state index contributed by atoms with van der Waals surface area (Å²) in [5, 5.41) is 11.6. The van der Waals surface area contributed by atoms with E-state index in [4.69, 9.17) is 21.5 Å². The van der Waals surface area contributed by atoms with Gasteiger partial charge in [-0.25, -0.2) is 4.79 Å². The second-order valence-corrected chi connectivity index (χ2v) is 5.14. The molecule has 1 saturated heterocycles. The predicted molar refractivity (Wildman–Crippen MR) is 61.0 cm³/mol. The van der Waals surface area contributed by atoms with Crippen LogP contribution < -0.4 is 0 Å². The van der Waals surface area contributed by atoms with E-state index in [1.54, 1.807) is 20.8 Å². The Kier molecular flexibility index (Phi) is 4.02. The summed E-state index contributed by atoms with van der Waals surface area (Å²) in [6.45, 7) is 5.98. The van der Waals surface area contributed by atoms with E-state index in [-0.39, 0.29) is 11.2 Å². The molecule has 1 N–H and O–H groups in total. The van der Waals surface area contributed by atoms with Crippen molar-refractivity contribution < 1.29 is 14.7 Å². The fraction of sp³-hybridized carbons (Fsp3) is 0.800. The van der Waals surface area contributed by atoms with E-state index >= 15 is 0 Å². The number of nitrogens with zero attached hydrogens (tertiary/aromatic N) is 2. The molecular weight excluding hydrogens is 232 g/mol. The lowest BCUT2D eigenvalue weighted by Crippen LogP contribution is -2.42. The Morgan fingerprint density at radius 1 is 1.56 bits per heavy atom. The minimum absolute atomic E-state index is 0.0309.